The zero-order chi connectivity index (χ0) is 14.0. The van der Waals surface area contributed by atoms with Crippen LogP contribution in [0.25, 0.3) is 0 Å². The van der Waals surface area contributed by atoms with Gasteiger partial charge in [0.1, 0.15) is 0 Å². The first-order valence-corrected chi connectivity index (χ1v) is 6.12. The van der Waals surface area contributed by atoms with E-state index in [0.717, 1.165) is 12.1 Å². The van der Waals surface area contributed by atoms with E-state index in [1.165, 1.54) is 6.07 Å². The zero-order valence-corrected chi connectivity index (χ0v) is 10.3. The molecular formula is C13H16F3NO2. The Labute approximate surface area is 109 Å². The highest BCUT2D eigenvalue weighted by molar-refractivity contribution is 5.28. The van der Waals surface area contributed by atoms with Gasteiger partial charge in [-0.15, -0.1) is 0 Å². The second-order valence-electron chi connectivity index (χ2n) is 4.75. The van der Waals surface area contributed by atoms with Crippen LogP contribution in [0.3, 0.4) is 0 Å². The van der Waals surface area contributed by atoms with Crippen molar-refractivity contribution >= 4 is 0 Å². The van der Waals surface area contributed by atoms with Crippen molar-refractivity contribution in [2.75, 3.05) is 19.7 Å². The molecule has 0 saturated carbocycles. The Morgan fingerprint density at radius 1 is 1.32 bits per heavy atom. The lowest BCUT2D eigenvalue weighted by atomic mass is 10.0. The van der Waals surface area contributed by atoms with Crippen molar-refractivity contribution in [1.29, 1.82) is 0 Å². The molecule has 1 fully saturated rings. The molecule has 3 nitrogen and oxygen atoms in total. The minimum Gasteiger partial charge on any atom is -0.395 e. The molecule has 1 aromatic carbocycles. The molecule has 19 heavy (non-hydrogen) atoms. The van der Waals surface area contributed by atoms with E-state index in [0.29, 0.717) is 25.1 Å². The summed E-state index contributed by atoms with van der Waals surface area (Å²) in [5.41, 5.74) is -0.157. The number of β-amino-alcohol motifs (C(OH)–C–C–N with tert-alkyl or cyclic N) is 2. The smallest absolute Gasteiger partial charge is 0.395 e. The Bertz CT molecular complexity index is 436. The van der Waals surface area contributed by atoms with E-state index < -0.39 is 17.8 Å². The summed E-state index contributed by atoms with van der Waals surface area (Å²) >= 11 is 0. The molecule has 0 spiro atoms. The van der Waals surface area contributed by atoms with Gasteiger partial charge in [-0.2, -0.15) is 13.2 Å². The van der Waals surface area contributed by atoms with Crippen LogP contribution in [0, 0.1) is 0 Å². The highest BCUT2D eigenvalue weighted by Crippen LogP contribution is 2.35. The van der Waals surface area contributed by atoms with Gasteiger partial charge >= 0.3 is 6.18 Å². The summed E-state index contributed by atoms with van der Waals surface area (Å²) in [4.78, 5) is 1.81. The predicted molar refractivity (Wildman–Crippen MR) is 63.5 cm³/mol. The summed E-state index contributed by atoms with van der Waals surface area (Å²) in [6.07, 6.45) is -4.54. The van der Waals surface area contributed by atoms with E-state index in [2.05, 4.69) is 0 Å². The normalized spacial score (nSPS) is 24.9. The Morgan fingerprint density at radius 3 is 2.68 bits per heavy atom. The number of halogens is 3. The van der Waals surface area contributed by atoms with Crippen LogP contribution >= 0.6 is 0 Å². The van der Waals surface area contributed by atoms with Crippen molar-refractivity contribution in [2.45, 2.75) is 24.7 Å². The molecule has 1 aromatic rings. The Hall–Kier alpha value is -1.11. The molecule has 2 N–H and O–H groups in total. The maximum Gasteiger partial charge on any atom is 0.416 e. The zero-order valence-electron chi connectivity index (χ0n) is 10.3. The van der Waals surface area contributed by atoms with Crippen LogP contribution in [0.4, 0.5) is 13.2 Å². The summed E-state index contributed by atoms with van der Waals surface area (Å²) in [6.45, 7) is 0.641. The van der Waals surface area contributed by atoms with Crippen LogP contribution in [-0.4, -0.2) is 40.9 Å². The molecule has 0 aromatic heterocycles. The molecule has 6 heteroatoms. The van der Waals surface area contributed by atoms with Crippen LogP contribution in [0.15, 0.2) is 24.3 Å². The molecule has 106 valence electrons. The highest BCUT2D eigenvalue weighted by atomic mass is 19.4. The molecule has 1 aliphatic rings. The van der Waals surface area contributed by atoms with E-state index >= 15 is 0 Å². The van der Waals surface area contributed by atoms with Gasteiger partial charge < -0.3 is 10.2 Å². The third-order valence-electron chi connectivity index (χ3n) is 3.37. The number of alkyl halides is 3. The topological polar surface area (TPSA) is 43.7 Å². The maximum absolute atomic E-state index is 12.7. The van der Waals surface area contributed by atoms with E-state index in [1.807, 2.05) is 0 Å². The second kappa shape index (κ2) is 5.48. The lowest BCUT2D eigenvalue weighted by molar-refractivity contribution is -0.137. The SMILES string of the molecule is OCCN1CC(O)CC1c1cccc(C(F)(F)F)c1. The van der Waals surface area contributed by atoms with Crippen molar-refractivity contribution in [3.05, 3.63) is 35.4 Å². The van der Waals surface area contributed by atoms with E-state index in [9.17, 15) is 18.3 Å². The third kappa shape index (κ3) is 3.26. The van der Waals surface area contributed by atoms with Crippen molar-refractivity contribution in [1.82, 2.24) is 4.90 Å². The number of hydrogen-bond donors (Lipinski definition) is 2. The second-order valence-corrected chi connectivity index (χ2v) is 4.75. The predicted octanol–water partition coefficient (Wildman–Crippen LogP) is 1.81. The van der Waals surface area contributed by atoms with Crippen LogP contribution in [0.5, 0.6) is 0 Å². The summed E-state index contributed by atoms with van der Waals surface area (Å²) < 4.78 is 38.0. The number of likely N-dealkylation sites (tertiary alicyclic amines) is 1. The summed E-state index contributed by atoms with van der Waals surface area (Å²) in [5.74, 6) is 0. The molecule has 0 radical (unpaired) electrons. The summed E-state index contributed by atoms with van der Waals surface area (Å²) in [5, 5.41) is 18.6. The first-order chi connectivity index (χ1) is 8.91. The Kier molecular flexibility index (Phi) is 4.13. The number of aliphatic hydroxyl groups is 2. The number of aliphatic hydroxyl groups excluding tert-OH is 2. The van der Waals surface area contributed by atoms with Crippen molar-refractivity contribution in [2.24, 2.45) is 0 Å². The van der Waals surface area contributed by atoms with Gasteiger partial charge in [-0.1, -0.05) is 12.1 Å². The highest BCUT2D eigenvalue weighted by Gasteiger charge is 2.34. The van der Waals surface area contributed by atoms with Gasteiger partial charge in [0.2, 0.25) is 0 Å². The molecule has 0 aliphatic carbocycles. The van der Waals surface area contributed by atoms with Crippen LogP contribution < -0.4 is 0 Å². The molecule has 1 aliphatic heterocycles. The maximum atomic E-state index is 12.7. The van der Waals surface area contributed by atoms with Crippen molar-refractivity contribution in [3.63, 3.8) is 0 Å². The largest absolute Gasteiger partial charge is 0.416 e. The van der Waals surface area contributed by atoms with Gasteiger partial charge in [0.05, 0.1) is 18.3 Å². The first-order valence-electron chi connectivity index (χ1n) is 6.12. The summed E-state index contributed by atoms with van der Waals surface area (Å²) in [7, 11) is 0. The average Bonchev–Trinajstić information content (AvgIpc) is 2.70. The summed E-state index contributed by atoms with van der Waals surface area (Å²) in [6, 6.07) is 4.88. The monoisotopic (exact) mass is 275 g/mol. The number of nitrogens with zero attached hydrogens (tertiary/aromatic N) is 1. The average molecular weight is 275 g/mol. The first kappa shape index (κ1) is 14.3. The fourth-order valence-electron chi connectivity index (χ4n) is 2.52. The minimum absolute atomic E-state index is 0.0812. The van der Waals surface area contributed by atoms with E-state index in [-0.39, 0.29) is 12.6 Å². The minimum atomic E-state index is -4.37. The molecule has 2 atom stereocenters. The van der Waals surface area contributed by atoms with E-state index in [1.54, 1.807) is 11.0 Å². The van der Waals surface area contributed by atoms with Gasteiger partial charge in [-0.25, -0.2) is 0 Å². The Morgan fingerprint density at radius 2 is 2.05 bits per heavy atom. The number of rotatable bonds is 3. The molecule has 1 saturated heterocycles. The molecule has 2 unspecified atom stereocenters. The van der Waals surface area contributed by atoms with Crippen molar-refractivity contribution in [3.8, 4) is 0 Å². The standard InChI is InChI=1S/C13H16F3NO2/c14-13(15,16)10-3-1-2-9(6-10)12-7-11(19)8-17(12)4-5-18/h1-3,6,11-12,18-19H,4-5,7-8H2. The van der Waals surface area contributed by atoms with Gasteiger partial charge in [0, 0.05) is 19.1 Å². The van der Waals surface area contributed by atoms with Crippen LogP contribution in [0.2, 0.25) is 0 Å². The molecule has 0 amide bonds. The fraction of sp³-hybridized carbons (Fsp3) is 0.538. The Balaban J connectivity index is 2.25. The van der Waals surface area contributed by atoms with Gasteiger partial charge in [-0.3, -0.25) is 4.90 Å². The number of hydrogen-bond acceptors (Lipinski definition) is 3. The molecule has 1 heterocycles. The van der Waals surface area contributed by atoms with Crippen molar-refractivity contribution < 1.29 is 23.4 Å². The lowest BCUT2D eigenvalue weighted by Gasteiger charge is -2.24. The van der Waals surface area contributed by atoms with E-state index in [4.69, 9.17) is 5.11 Å². The molecular weight excluding hydrogens is 259 g/mol. The third-order valence-corrected chi connectivity index (χ3v) is 3.37. The molecule has 0 bridgehead atoms. The van der Waals surface area contributed by atoms with Crippen LogP contribution in [0.1, 0.15) is 23.6 Å². The lowest BCUT2D eigenvalue weighted by Crippen LogP contribution is -2.28. The number of benzene rings is 1. The van der Waals surface area contributed by atoms with Gasteiger partial charge in [-0.05, 0) is 24.1 Å². The van der Waals surface area contributed by atoms with Crippen LogP contribution in [-0.2, 0) is 6.18 Å². The fourth-order valence-corrected chi connectivity index (χ4v) is 2.52. The van der Waals surface area contributed by atoms with Gasteiger partial charge in [0.15, 0.2) is 0 Å². The molecule has 2 rings (SSSR count). The quantitative estimate of drug-likeness (QED) is 0.884. The van der Waals surface area contributed by atoms with Gasteiger partial charge in [0.25, 0.3) is 0 Å².